The van der Waals surface area contributed by atoms with E-state index in [-0.39, 0.29) is 6.10 Å². The van der Waals surface area contributed by atoms with Crippen LogP contribution in [0.4, 0.5) is 0 Å². The van der Waals surface area contributed by atoms with Gasteiger partial charge in [0.1, 0.15) is 5.75 Å². The number of ether oxygens (including phenoxy) is 1. The van der Waals surface area contributed by atoms with Crippen molar-refractivity contribution < 1.29 is 4.74 Å². The average Bonchev–Trinajstić information content (AvgIpc) is 2.92. The summed E-state index contributed by atoms with van der Waals surface area (Å²) in [6, 6.07) is 9.00. The van der Waals surface area contributed by atoms with E-state index in [1.165, 1.54) is 44.1 Å². The van der Waals surface area contributed by atoms with E-state index in [2.05, 4.69) is 44.4 Å². The van der Waals surface area contributed by atoms with Crippen molar-refractivity contribution in [1.82, 2.24) is 5.32 Å². The normalized spacial score (nSPS) is 17.6. The second-order valence-corrected chi connectivity index (χ2v) is 6.31. The highest BCUT2D eigenvalue weighted by Gasteiger charge is 2.18. The van der Waals surface area contributed by atoms with E-state index in [0.717, 1.165) is 11.7 Å². The molecule has 20 heavy (non-hydrogen) atoms. The molecule has 2 nitrogen and oxygen atoms in total. The monoisotopic (exact) mass is 275 g/mol. The Bertz CT molecular complexity index is 396. The third-order valence-corrected chi connectivity index (χ3v) is 4.32. The highest BCUT2D eigenvalue weighted by atomic mass is 16.5. The van der Waals surface area contributed by atoms with E-state index in [0.29, 0.717) is 6.04 Å². The zero-order valence-electron chi connectivity index (χ0n) is 13.2. The van der Waals surface area contributed by atoms with Crippen LogP contribution in [-0.4, -0.2) is 13.2 Å². The van der Waals surface area contributed by atoms with Gasteiger partial charge in [-0.3, -0.25) is 0 Å². The predicted octanol–water partition coefficient (Wildman–Crippen LogP) is 4.70. The molecule has 112 valence electrons. The molecule has 1 N–H and O–H groups in total. The molecule has 0 bridgehead atoms. The van der Waals surface area contributed by atoms with Gasteiger partial charge in [0.15, 0.2) is 0 Å². The quantitative estimate of drug-likeness (QED) is 0.778. The van der Waals surface area contributed by atoms with Gasteiger partial charge in [-0.2, -0.15) is 0 Å². The van der Waals surface area contributed by atoms with Gasteiger partial charge in [0.2, 0.25) is 0 Å². The SMILES string of the molecule is CNC(CCC1CCCC1)c1cccc(OC(C)C)c1. The summed E-state index contributed by atoms with van der Waals surface area (Å²) in [4.78, 5) is 0. The topological polar surface area (TPSA) is 21.3 Å². The molecule has 1 saturated carbocycles. The Balaban J connectivity index is 1.95. The summed E-state index contributed by atoms with van der Waals surface area (Å²) in [5.41, 5.74) is 1.35. The van der Waals surface area contributed by atoms with E-state index in [4.69, 9.17) is 4.74 Å². The van der Waals surface area contributed by atoms with Gasteiger partial charge < -0.3 is 10.1 Å². The van der Waals surface area contributed by atoms with Crippen LogP contribution in [0.2, 0.25) is 0 Å². The first-order valence-electron chi connectivity index (χ1n) is 8.13. The molecule has 0 heterocycles. The summed E-state index contributed by atoms with van der Waals surface area (Å²) < 4.78 is 5.80. The first kappa shape index (κ1) is 15.4. The standard InChI is InChI=1S/C18H29NO/c1-14(2)20-17-10-6-9-16(13-17)18(19-3)12-11-15-7-4-5-8-15/h6,9-10,13-15,18-19H,4-5,7-8,11-12H2,1-3H3. The Morgan fingerprint density at radius 3 is 2.65 bits per heavy atom. The van der Waals surface area contributed by atoms with Crippen LogP contribution in [0.5, 0.6) is 5.75 Å². The highest BCUT2D eigenvalue weighted by molar-refractivity contribution is 5.30. The van der Waals surface area contributed by atoms with Gasteiger partial charge in [0.25, 0.3) is 0 Å². The van der Waals surface area contributed by atoms with Crippen LogP contribution in [0.15, 0.2) is 24.3 Å². The molecule has 0 radical (unpaired) electrons. The van der Waals surface area contributed by atoms with Crippen LogP contribution in [0.3, 0.4) is 0 Å². The Morgan fingerprint density at radius 1 is 1.25 bits per heavy atom. The van der Waals surface area contributed by atoms with Crippen molar-refractivity contribution in [2.45, 2.75) is 64.5 Å². The molecule has 0 saturated heterocycles. The molecule has 1 aliphatic rings. The molecule has 1 aromatic rings. The summed E-state index contributed by atoms with van der Waals surface area (Å²) >= 11 is 0. The first-order valence-corrected chi connectivity index (χ1v) is 8.13. The predicted molar refractivity (Wildman–Crippen MR) is 85.2 cm³/mol. The molecule has 1 unspecified atom stereocenters. The van der Waals surface area contributed by atoms with Crippen LogP contribution >= 0.6 is 0 Å². The number of rotatable bonds is 7. The van der Waals surface area contributed by atoms with E-state index in [9.17, 15) is 0 Å². The Hall–Kier alpha value is -1.02. The summed E-state index contributed by atoms with van der Waals surface area (Å²) in [7, 11) is 2.06. The molecule has 1 atom stereocenters. The van der Waals surface area contributed by atoms with Crippen molar-refractivity contribution in [3.05, 3.63) is 29.8 Å². The molecule has 1 fully saturated rings. The van der Waals surface area contributed by atoms with Crippen LogP contribution in [0.25, 0.3) is 0 Å². The Kier molecular flexibility index (Phi) is 5.90. The number of nitrogens with one attached hydrogen (secondary N) is 1. The second-order valence-electron chi connectivity index (χ2n) is 6.31. The molecule has 2 heteroatoms. The van der Waals surface area contributed by atoms with Gasteiger partial charge in [-0.15, -0.1) is 0 Å². The molecule has 0 aliphatic heterocycles. The van der Waals surface area contributed by atoms with Crippen LogP contribution in [-0.2, 0) is 0 Å². The van der Waals surface area contributed by atoms with Crippen LogP contribution < -0.4 is 10.1 Å². The van der Waals surface area contributed by atoms with Gasteiger partial charge >= 0.3 is 0 Å². The lowest BCUT2D eigenvalue weighted by atomic mass is 9.95. The van der Waals surface area contributed by atoms with Crippen molar-refractivity contribution >= 4 is 0 Å². The fourth-order valence-corrected chi connectivity index (χ4v) is 3.26. The Morgan fingerprint density at radius 2 is 2.00 bits per heavy atom. The minimum atomic E-state index is 0.233. The number of hydrogen-bond donors (Lipinski definition) is 1. The fraction of sp³-hybridized carbons (Fsp3) is 0.667. The third-order valence-electron chi connectivity index (χ3n) is 4.32. The minimum absolute atomic E-state index is 0.233. The van der Waals surface area contributed by atoms with Gasteiger partial charge in [-0.1, -0.05) is 37.8 Å². The maximum absolute atomic E-state index is 5.80. The number of hydrogen-bond acceptors (Lipinski definition) is 2. The van der Waals surface area contributed by atoms with E-state index in [1.54, 1.807) is 0 Å². The van der Waals surface area contributed by atoms with E-state index >= 15 is 0 Å². The smallest absolute Gasteiger partial charge is 0.120 e. The molecule has 0 amide bonds. The van der Waals surface area contributed by atoms with Crippen LogP contribution in [0, 0.1) is 5.92 Å². The van der Waals surface area contributed by atoms with Crippen LogP contribution in [0.1, 0.15) is 64.0 Å². The minimum Gasteiger partial charge on any atom is -0.491 e. The second kappa shape index (κ2) is 7.68. The zero-order valence-corrected chi connectivity index (χ0v) is 13.2. The zero-order chi connectivity index (χ0) is 14.4. The maximum atomic E-state index is 5.80. The van der Waals surface area contributed by atoms with Gasteiger partial charge in [-0.05, 0) is 57.4 Å². The molecule has 1 aliphatic carbocycles. The molecule has 0 aromatic heterocycles. The van der Waals surface area contributed by atoms with Crippen molar-refractivity contribution in [2.24, 2.45) is 5.92 Å². The van der Waals surface area contributed by atoms with E-state index < -0.39 is 0 Å². The van der Waals surface area contributed by atoms with Crippen molar-refractivity contribution in [1.29, 1.82) is 0 Å². The highest BCUT2D eigenvalue weighted by Crippen LogP contribution is 2.32. The Labute approximate surface area is 123 Å². The third kappa shape index (κ3) is 4.52. The lowest BCUT2D eigenvalue weighted by Gasteiger charge is -2.20. The maximum Gasteiger partial charge on any atom is 0.120 e. The number of benzene rings is 1. The molecular formula is C18H29NO. The lowest BCUT2D eigenvalue weighted by molar-refractivity contribution is 0.242. The molecule has 2 rings (SSSR count). The summed E-state index contributed by atoms with van der Waals surface area (Å²) in [6.07, 6.45) is 8.56. The van der Waals surface area contributed by atoms with E-state index in [1.807, 2.05) is 6.07 Å². The largest absolute Gasteiger partial charge is 0.491 e. The fourth-order valence-electron chi connectivity index (χ4n) is 3.26. The average molecular weight is 275 g/mol. The van der Waals surface area contributed by atoms with Crippen molar-refractivity contribution in [2.75, 3.05) is 7.05 Å². The molecule has 0 spiro atoms. The van der Waals surface area contributed by atoms with Gasteiger partial charge in [-0.25, -0.2) is 0 Å². The molecule has 1 aromatic carbocycles. The van der Waals surface area contributed by atoms with Gasteiger partial charge in [0.05, 0.1) is 6.10 Å². The van der Waals surface area contributed by atoms with Crippen molar-refractivity contribution in [3.8, 4) is 5.75 Å². The summed E-state index contributed by atoms with van der Waals surface area (Å²) in [5.74, 6) is 1.94. The summed E-state index contributed by atoms with van der Waals surface area (Å²) in [6.45, 7) is 4.14. The lowest BCUT2D eigenvalue weighted by Crippen LogP contribution is -2.17. The summed E-state index contributed by atoms with van der Waals surface area (Å²) in [5, 5.41) is 3.47. The molecular weight excluding hydrogens is 246 g/mol. The van der Waals surface area contributed by atoms with Crippen molar-refractivity contribution in [3.63, 3.8) is 0 Å². The van der Waals surface area contributed by atoms with Gasteiger partial charge in [0, 0.05) is 6.04 Å². The first-order chi connectivity index (χ1) is 9.69.